The summed E-state index contributed by atoms with van der Waals surface area (Å²) in [4.78, 5) is 36.8. The van der Waals surface area contributed by atoms with Crippen molar-refractivity contribution in [2.75, 3.05) is 19.6 Å². The number of hydrogen-bond donors (Lipinski definition) is 1. The van der Waals surface area contributed by atoms with Crippen LogP contribution >= 0.6 is 0 Å². The minimum Gasteiger partial charge on any atom is -0.443 e. The molecule has 7 nitrogen and oxygen atoms in total. The first-order chi connectivity index (χ1) is 13.6. The number of nitrogens with zero attached hydrogens (tertiary/aromatic N) is 2. The Kier molecular flexibility index (Phi) is 6.62. The van der Waals surface area contributed by atoms with E-state index in [-0.39, 0.29) is 31.4 Å². The molecule has 1 aliphatic heterocycles. The number of carbonyl (C=O) groups is 3. The molecule has 0 aromatic heterocycles. The van der Waals surface area contributed by atoms with Gasteiger partial charge in [0.1, 0.15) is 6.61 Å². The van der Waals surface area contributed by atoms with Crippen LogP contribution in [-0.2, 0) is 16.1 Å². The van der Waals surface area contributed by atoms with Gasteiger partial charge in [-0.15, -0.1) is 0 Å². The van der Waals surface area contributed by atoms with Crippen molar-refractivity contribution in [1.82, 2.24) is 15.3 Å². The molecule has 0 spiro atoms. The van der Waals surface area contributed by atoms with Gasteiger partial charge >= 0.3 is 6.09 Å². The molecule has 1 aliphatic rings. The van der Waals surface area contributed by atoms with Crippen molar-refractivity contribution < 1.29 is 19.1 Å². The maximum absolute atomic E-state index is 12.5. The van der Waals surface area contributed by atoms with E-state index in [2.05, 4.69) is 5.32 Å². The molecule has 0 bridgehead atoms. The van der Waals surface area contributed by atoms with Gasteiger partial charge in [-0.25, -0.2) is 14.8 Å². The number of nitrogens with one attached hydrogen (secondary N) is 1. The van der Waals surface area contributed by atoms with E-state index in [1.807, 2.05) is 36.4 Å². The molecule has 28 heavy (non-hydrogen) atoms. The molecule has 1 saturated heterocycles. The summed E-state index contributed by atoms with van der Waals surface area (Å²) in [7, 11) is 0. The van der Waals surface area contributed by atoms with Crippen molar-refractivity contribution in [2.24, 2.45) is 0 Å². The molecular formula is C21H23N3O4. The van der Waals surface area contributed by atoms with Crippen LogP contribution in [0, 0.1) is 0 Å². The molecule has 0 atom stereocenters. The van der Waals surface area contributed by atoms with Crippen LogP contribution in [0.15, 0.2) is 60.7 Å². The van der Waals surface area contributed by atoms with E-state index in [0.29, 0.717) is 25.1 Å². The van der Waals surface area contributed by atoms with E-state index in [1.165, 1.54) is 10.0 Å². The first-order valence-electron chi connectivity index (χ1n) is 9.27. The lowest BCUT2D eigenvalue weighted by Gasteiger charge is -2.27. The Morgan fingerprint density at radius 1 is 0.893 bits per heavy atom. The van der Waals surface area contributed by atoms with Gasteiger partial charge in [-0.3, -0.25) is 9.59 Å². The molecule has 0 aliphatic carbocycles. The van der Waals surface area contributed by atoms with Gasteiger partial charge in [0.05, 0.1) is 0 Å². The Morgan fingerprint density at radius 3 is 2.25 bits per heavy atom. The molecule has 1 N–H and O–H groups in total. The van der Waals surface area contributed by atoms with E-state index in [0.717, 1.165) is 5.56 Å². The molecular weight excluding hydrogens is 358 g/mol. The van der Waals surface area contributed by atoms with Gasteiger partial charge in [-0.2, -0.15) is 0 Å². The highest BCUT2D eigenvalue weighted by atomic mass is 16.6. The summed E-state index contributed by atoms with van der Waals surface area (Å²) in [5.74, 6) is -0.448. The Bertz CT molecular complexity index is 811. The third-order valence-electron chi connectivity index (χ3n) is 4.40. The second-order valence-corrected chi connectivity index (χ2v) is 6.41. The molecule has 0 unspecified atom stereocenters. The van der Waals surface area contributed by atoms with Crippen LogP contribution in [0.4, 0.5) is 4.79 Å². The molecule has 2 aromatic rings. The van der Waals surface area contributed by atoms with Crippen molar-refractivity contribution in [3.05, 3.63) is 71.8 Å². The van der Waals surface area contributed by atoms with Crippen LogP contribution in [0.5, 0.6) is 0 Å². The standard InChI is InChI=1S/C21H23N3O4/c25-19(12-13-22-20(26)18-10-5-2-6-11-18)23-14-7-15-24(23)21(27)28-16-17-8-3-1-4-9-17/h1-6,8-11H,7,12-16H2,(H,22,26). The van der Waals surface area contributed by atoms with E-state index in [4.69, 9.17) is 4.74 Å². The lowest BCUT2D eigenvalue weighted by Crippen LogP contribution is -2.45. The number of ether oxygens (including phenoxy) is 1. The van der Waals surface area contributed by atoms with Crippen molar-refractivity contribution >= 4 is 17.9 Å². The Morgan fingerprint density at radius 2 is 1.54 bits per heavy atom. The first kappa shape index (κ1) is 19.4. The van der Waals surface area contributed by atoms with E-state index >= 15 is 0 Å². The molecule has 3 amide bonds. The van der Waals surface area contributed by atoms with Crippen molar-refractivity contribution in [3.8, 4) is 0 Å². The van der Waals surface area contributed by atoms with E-state index in [9.17, 15) is 14.4 Å². The van der Waals surface area contributed by atoms with E-state index < -0.39 is 6.09 Å². The number of amides is 3. The summed E-state index contributed by atoms with van der Waals surface area (Å²) < 4.78 is 5.32. The van der Waals surface area contributed by atoms with E-state index in [1.54, 1.807) is 24.3 Å². The van der Waals surface area contributed by atoms with Gasteiger partial charge < -0.3 is 10.1 Å². The van der Waals surface area contributed by atoms with Gasteiger partial charge in [0.2, 0.25) is 5.91 Å². The quantitative estimate of drug-likeness (QED) is 0.834. The highest BCUT2D eigenvalue weighted by Gasteiger charge is 2.31. The van der Waals surface area contributed by atoms with Gasteiger partial charge in [0.25, 0.3) is 5.91 Å². The molecule has 0 saturated carbocycles. The smallest absolute Gasteiger partial charge is 0.429 e. The normalized spacial score (nSPS) is 13.3. The number of carbonyl (C=O) groups excluding carboxylic acids is 3. The second-order valence-electron chi connectivity index (χ2n) is 6.41. The van der Waals surface area contributed by atoms with Crippen LogP contribution in [-0.4, -0.2) is 47.6 Å². The molecule has 1 heterocycles. The van der Waals surface area contributed by atoms with Crippen LogP contribution in [0.2, 0.25) is 0 Å². The predicted octanol–water partition coefficient (Wildman–Crippen LogP) is 2.59. The van der Waals surface area contributed by atoms with Gasteiger partial charge in [-0.1, -0.05) is 48.5 Å². The summed E-state index contributed by atoms with van der Waals surface area (Å²) >= 11 is 0. The number of hydrazine groups is 1. The molecule has 0 radical (unpaired) electrons. The van der Waals surface area contributed by atoms with Crippen molar-refractivity contribution in [3.63, 3.8) is 0 Å². The Hall–Kier alpha value is -3.35. The lowest BCUT2D eigenvalue weighted by molar-refractivity contribution is -0.141. The number of benzene rings is 2. The summed E-state index contributed by atoms with van der Waals surface area (Å²) in [6.07, 6.45) is 0.270. The van der Waals surface area contributed by atoms with Gasteiger partial charge in [0, 0.05) is 31.6 Å². The lowest BCUT2D eigenvalue weighted by atomic mass is 10.2. The average molecular weight is 381 g/mol. The minimum atomic E-state index is -0.539. The minimum absolute atomic E-state index is 0.112. The third-order valence-corrected chi connectivity index (χ3v) is 4.40. The fraction of sp³-hybridized carbons (Fsp3) is 0.286. The van der Waals surface area contributed by atoms with Crippen molar-refractivity contribution in [1.29, 1.82) is 0 Å². The Labute approximate surface area is 163 Å². The SMILES string of the molecule is O=C(NCCC(=O)N1CCCN1C(=O)OCc1ccccc1)c1ccccc1. The first-order valence-corrected chi connectivity index (χ1v) is 9.27. The topological polar surface area (TPSA) is 79.0 Å². The molecule has 2 aromatic carbocycles. The Balaban J connectivity index is 1.46. The summed E-state index contributed by atoms with van der Waals surface area (Å²) in [6, 6.07) is 18.2. The summed E-state index contributed by atoms with van der Waals surface area (Å²) in [5.41, 5.74) is 1.43. The molecule has 1 fully saturated rings. The highest BCUT2D eigenvalue weighted by molar-refractivity contribution is 5.94. The zero-order valence-electron chi connectivity index (χ0n) is 15.5. The fourth-order valence-electron chi connectivity index (χ4n) is 2.96. The fourth-order valence-corrected chi connectivity index (χ4v) is 2.96. The van der Waals surface area contributed by atoms with Gasteiger partial charge in [-0.05, 0) is 24.1 Å². The third kappa shape index (κ3) is 5.09. The number of rotatable bonds is 6. The van der Waals surface area contributed by atoms with Crippen LogP contribution in [0.25, 0.3) is 0 Å². The summed E-state index contributed by atoms with van der Waals surface area (Å²) in [5, 5.41) is 5.47. The molecule has 7 heteroatoms. The summed E-state index contributed by atoms with van der Waals surface area (Å²) in [6.45, 7) is 1.27. The highest BCUT2D eigenvalue weighted by Crippen LogP contribution is 2.14. The van der Waals surface area contributed by atoms with Crippen LogP contribution in [0.1, 0.15) is 28.8 Å². The second kappa shape index (κ2) is 9.55. The van der Waals surface area contributed by atoms with Crippen LogP contribution in [0.3, 0.4) is 0 Å². The monoisotopic (exact) mass is 381 g/mol. The van der Waals surface area contributed by atoms with Crippen molar-refractivity contribution in [2.45, 2.75) is 19.4 Å². The molecule has 146 valence electrons. The predicted molar refractivity (Wildman–Crippen MR) is 103 cm³/mol. The maximum Gasteiger partial charge on any atom is 0.429 e. The molecule has 3 rings (SSSR count). The zero-order valence-corrected chi connectivity index (χ0v) is 15.5. The van der Waals surface area contributed by atoms with Crippen LogP contribution < -0.4 is 5.32 Å². The largest absolute Gasteiger partial charge is 0.443 e. The maximum atomic E-state index is 12.5. The van der Waals surface area contributed by atoms with Gasteiger partial charge in [0.15, 0.2) is 0 Å². The average Bonchev–Trinajstić information content (AvgIpc) is 3.23. The zero-order chi connectivity index (χ0) is 19.8. The number of hydrogen-bond acceptors (Lipinski definition) is 4.